The summed E-state index contributed by atoms with van der Waals surface area (Å²) in [5.74, 6) is -0.824. The molecule has 3 aromatic rings. The first-order chi connectivity index (χ1) is 14.9. The van der Waals surface area contributed by atoms with Gasteiger partial charge in [-0.3, -0.25) is 19.4 Å². The molecule has 1 heterocycles. The van der Waals surface area contributed by atoms with Crippen LogP contribution in [0.3, 0.4) is 0 Å². The Labute approximate surface area is 176 Å². The van der Waals surface area contributed by atoms with Crippen LogP contribution in [0.25, 0.3) is 0 Å². The normalized spacial score (nSPS) is 15.0. The second-order valence-corrected chi connectivity index (χ2v) is 7.35. The quantitative estimate of drug-likeness (QED) is 0.436. The topological polar surface area (TPSA) is 150 Å². The predicted molar refractivity (Wildman–Crippen MR) is 116 cm³/mol. The highest BCUT2D eigenvalue weighted by molar-refractivity contribution is 6.04. The number of hydrogen-bond donors (Lipinski definition) is 5. The Hall–Kier alpha value is -4.14. The standard InChI is InChI=1S/C22H21N5O4/c23-17-18(26-22(31)27-20(17)29)21(30)25-16-8-4-7-13-11-14(9-10-15(13)16)24-19(28)12-5-2-1-3-6-12/h1-3,5-6,9-11,16H,4,7-8,23H2,(H,24,28)(H,25,30)(H2,26,27,29,31). The van der Waals surface area contributed by atoms with Gasteiger partial charge in [0.1, 0.15) is 11.4 Å². The molecule has 0 spiro atoms. The van der Waals surface area contributed by atoms with Crippen LogP contribution in [-0.2, 0) is 6.42 Å². The number of fused-ring (bicyclic) bond motifs is 1. The number of benzene rings is 2. The summed E-state index contributed by atoms with van der Waals surface area (Å²) in [5.41, 5.74) is 6.61. The monoisotopic (exact) mass is 419 g/mol. The van der Waals surface area contributed by atoms with Crippen molar-refractivity contribution in [1.29, 1.82) is 0 Å². The zero-order valence-corrected chi connectivity index (χ0v) is 16.5. The van der Waals surface area contributed by atoms with Gasteiger partial charge in [-0.05, 0) is 54.7 Å². The molecule has 9 nitrogen and oxygen atoms in total. The van der Waals surface area contributed by atoms with Crippen molar-refractivity contribution in [3.63, 3.8) is 0 Å². The summed E-state index contributed by atoms with van der Waals surface area (Å²) in [6, 6.07) is 14.2. The molecule has 9 heteroatoms. The van der Waals surface area contributed by atoms with E-state index in [0.29, 0.717) is 17.7 Å². The van der Waals surface area contributed by atoms with Crippen molar-refractivity contribution in [1.82, 2.24) is 15.3 Å². The van der Waals surface area contributed by atoms with Gasteiger partial charge in [0.15, 0.2) is 0 Å². The van der Waals surface area contributed by atoms with E-state index in [0.717, 1.165) is 24.0 Å². The van der Waals surface area contributed by atoms with Gasteiger partial charge in [0.25, 0.3) is 17.4 Å². The first-order valence-electron chi connectivity index (χ1n) is 9.84. The molecule has 158 valence electrons. The number of nitrogens with two attached hydrogens (primary N) is 1. The predicted octanol–water partition coefficient (Wildman–Crippen LogP) is 1.71. The summed E-state index contributed by atoms with van der Waals surface area (Å²) >= 11 is 0. The first kappa shape index (κ1) is 20.1. The Balaban J connectivity index is 1.54. The maximum absolute atomic E-state index is 12.6. The van der Waals surface area contributed by atoms with E-state index < -0.39 is 17.2 Å². The lowest BCUT2D eigenvalue weighted by Gasteiger charge is -2.27. The number of aryl methyl sites for hydroxylation is 1. The van der Waals surface area contributed by atoms with E-state index in [4.69, 9.17) is 5.73 Å². The van der Waals surface area contributed by atoms with Crippen LogP contribution in [0.2, 0.25) is 0 Å². The minimum absolute atomic E-state index is 0.199. The van der Waals surface area contributed by atoms with Crippen molar-refractivity contribution >= 4 is 23.2 Å². The number of nitrogens with one attached hydrogen (secondary N) is 4. The van der Waals surface area contributed by atoms with Gasteiger partial charge in [-0.15, -0.1) is 0 Å². The molecule has 0 saturated carbocycles. The van der Waals surface area contributed by atoms with Crippen LogP contribution in [-0.4, -0.2) is 21.8 Å². The molecule has 6 N–H and O–H groups in total. The van der Waals surface area contributed by atoms with E-state index >= 15 is 0 Å². The average molecular weight is 419 g/mol. The van der Waals surface area contributed by atoms with E-state index in [9.17, 15) is 19.2 Å². The fraction of sp³-hybridized carbons (Fsp3) is 0.182. The first-order valence-corrected chi connectivity index (χ1v) is 9.84. The number of aromatic nitrogens is 2. The van der Waals surface area contributed by atoms with Gasteiger partial charge in [0.2, 0.25) is 0 Å². The summed E-state index contributed by atoms with van der Waals surface area (Å²) < 4.78 is 0. The van der Waals surface area contributed by atoms with E-state index in [1.807, 2.05) is 23.2 Å². The third-order valence-electron chi connectivity index (χ3n) is 5.26. The minimum atomic E-state index is -0.809. The molecule has 1 unspecified atom stereocenters. The maximum Gasteiger partial charge on any atom is 0.326 e. The number of carbonyl (C=O) groups excluding carboxylic acids is 2. The Morgan fingerprint density at radius 2 is 1.77 bits per heavy atom. The smallest absolute Gasteiger partial charge is 0.326 e. The molecule has 2 aromatic carbocycles. The summed E-state index contributed by atoms with van der Waals surface area (Å²) in [6.07, 6.45) is 2.33. The number of carbonyl (C=O) groups is 2. The van der Waals surface area contributed by atoms with Crippen LogP contribution in [0, 0.1) is 0 Å². The number of H-pyrrole nitrogens is 2. The highest BCUT2D eigenvalue weighted by Crippen LogP contribution is 2.32. The number of anilines is 2. The van der Waals surface area contributed by atoms with E-state index in [1.165, 1.54) is 0 Å². The lowest BCUT2D eigenvalue weighted by atomic mass is 9.87. The molecular weight excluding hydrogens is 398 g/mol. The Morgan fingerprint density at radius 1 is 1.00 bits per heavy atom. The minimum Gasteiger partial charge on any atom is -0.392 e. The molecule has 31 heavy (non-hydrogen) atoms. The van der Waals surface area contributed by atoms with Crippen molar-refractivity contribution < 1.29 is 9.59 Å². The zero-order chi connectivity index (χ0) is 22.0. The highest BCUT2D eigenvalue weighted by atomic mass is 16.2. The van der Waals surface area contributed by atoms with Crippen LogP contribution >= 0.6 is 0 Å². The van der Waals surface area contributed by atoms with Gasteiger partial charge < -0.3 is 21.4 Å². The molecule has 0 radical (unpaired) electrons. The van der Waals surface area contributed by atoms with Gasteiger partial charge >= 0.3 is 5.69 Å². The summed E-state index contributed by atoms with van der Waals surface area (Å²) in [4.78, 5) is 52.5. The van der Waals surface area contributed by atoms with Crippen LogP contribution in [0.1, 0.15) is 50.9 Å². The number of rotatable bonds is 4. The molecule has 0 aliphatic heterocycles. The zero-order valence-electron chi connectivity index (χ0n) is 16.5. The van der Waals surface area contributed by atoms with Crippen molar-refractivity contribution in [2.24, 2.45) is 0 Å². The molecule has 1 aliphatic carbocycles. The molecule has 0 saturated heterocycles. The molecule has 1 aromatic heterocycles. The second-order valence-electron chi connectivity index (χ2n) is 7.35. The van der Waals surface area contributed by atoms with Gasteiger partial charge in [0.05, 0.1) is 6.04 Å². The largest absolute Gasteiger partial charge is 0.392 e. The maximum atomic E-state index is 12.6. The molecule has 1 atom stereocenters. The van der Waals surface area contributed by atoms with Crippen molar-refractivity contribution in [2.75, 3.05) is 11.1 Å². The van der Waals surface area contributed by atoms with Crippen LogP contribution in [0.4, 0.5) is 11.4 Å². The molecule has 1 aliphatic rings. The Kier molecular flexibility index (Phi) is 5.40. The number of amides is 2. The molecule has 2 amide bonds. The highest BCUT2D eigenvalue weighted by Gasteiger charge is 2.24. The fourth-order valence-corrected chi connectivity index (χ4v) is 3.74. The molecular formula is C22H21N5O4. The Bertz CT molecular complexity index is 1260. The van der Waals surface area contributed by atoms with Gasteiger partial charge in [0, 0.05) is 11.3 Å². The van der Waals surface area contributed by atoms with E-state index in [2.05, 4.69) is 15.6 Å². The van der Waals surface area contributed by atoms with E-state index in [-0.39, 0.29) is 23.3 Å². The third kappa shape index (κ3) is 4.25. The van der Waals surface area contributed by atoms with Gasteiger partial charge in [-0.1, -0.05) is 24.3 Å². The fourth-order valence-electron chi connectivity index (χ4n) is 3.74. The molecule has 0 bridgehead atoms. The lowest BCUT2D eigenvalue weighted by Crippen LogP contribution is -2.36. The van der Waals surface area contributed by atoms with Crippen molar-refractivity contribution in [3.8, 4) is 0 Å². The van der Waals surface area contributed by atoms with Gasteiger partial charge in [-0.2, -0.15) is 0 Å². The number of nitrogen functional groups attached to an aromatic ring is 1. The number of aromatic amines is 2. The molecule has 4 rings (SSSR count). The molecule has 0 fully saturated rings. The summed E-state index contributed by atoms with van der Waals surface area (Å²) in [6.45, 7) is 0. The van der Waals surface area contributed by atoms with Gasteiger partial charge in [-0.25, -0.2) is 4.79 Å². The summed E-state index contributed by atoms with van der Waals surface area (Å²) in [7, 11) is 0. The SMILES string of the molecule is Nc1c(C(=O)NC2CCCc3cc(NC(=O)c4ccccc4)ccc32)[nH]c(=O)[nH]c1=O. The van der Waals surface area contributed by atoms with Crippen LogP contribution in [0.5, 0.6) is 0 Å². The van der Waals surface area contributed by atoms with Crippen molar-refractivity contribution in [3.05, 3.63) is 91.8 Å². The summed E-state index contributed by atoms with van der Waals surface area (Å²) in [5, 5.41) is 5.73. The average Bonchev–Trinajstić information content (AvgIpc) is 2.76. The lowest BCUT2D eigenvalue weighted by molar-refractivity contribution is 0.0927. The second kappa shape index (κ2) is 8.31. The number of hydrogen-bond acceptors (Lipinski definition) is 5. The van der Waals surface area contributed by atoms with Crippen LogP contribution < -0.4 is 27.6 Å². The Morgan fingerprint density at radius 3 is 2.55 bits per heavy atom. The van der Waals surface area contributed by atoms with Crippen LogP contribution in [0.15, 0.2) is 58.1 Å². The van der Waals surface area contributed by atoms with Crippen molar-refractivity contribution in [2.45, 2.75) is 25.3 Å². The van der Waals surface area contributed by atoms with E-state index in [1.54, 1.807) is 30.3 Å². The third-order valence-corrected chi connectivity index (χ3v) is 5.26.